The first-order valence-electron chi connectivity index (χ1n) is 8.07. The topological polar surface area (TPSA) is 69.8 Å². The molecule has 3 N–H and O–H groups in total. The van der Waals surface area contributed by atoms with Gasteiger partial charge in [-0.2, -0.15) is 0 Å². The molecule has 0 radical (unpaired) electrons. The number of aromatic nitrogens is 2. The maximum atomic E-state index is 12.4. The molecule has 6 heteroatoms. The van der Waals surface area contributed by atoms with Crippen molar-refractivity contribution < 1.29 is 4.79 Å². The van der Waals surface area contributed by atoms with Crippen LogP contribution in [0, 0.1) is 13.8 Å². The first-order valence-corrected chi connectivity index (χ1v) is 8.88. The molecule has 0 spiro atoms. The molecule has 3 rings (SSSR count). The first-order chi connectivity index (χ1) is 11.5. The number of H-pyrrole nitrogens is 1. The Hall–Kier alpha value is -2.34. The Bertz CT molecular complexity index is 894. The number of nitrogens with zero attached hydrogens (tertiary/aromatic N) is 1. The Morgan fingerprint density at radius 1 is 1.33 bits per heavy atom. The molecule has 0 atom stereocenters. The highest BCUT2D eigenvalue weighted by molar-refractivity contribution is 7.17. The number of nitrogens with one attached hydrogen (secondary N) is 3. The van der Waals surface area contributed by atoms with E-state index < -0.39 is 0 Å². The summed E-state index contributed by atoms with van der Waals surface area (Å²) in [6.07, 6.45) is 0.991. The van der Waals surface area contributed by atoms with Gasteiger partial charge in [-0.05, 0) is 43.5 Å². The van der Waals surface area contributed by atoms with Crippen molar-refractivity contribution in [1.29, 1.82) is 0 Å². The van der Waals surface area contributed by atoms with Crippen molar-refractivity contribution in [1.82, 2.24) is 15.3 Å². The molecule has 126 valence electrons. The van der Waals surface area contributed by atoms with E-state index in [1.54, 1.807) is 7.05 Å². The fourth-order valence-corrected chi connectivity index (χ4v) is 3.71. The van der Waals surface area contributed by atoms with Crippen LogP contribution < -0.4 is 10.6 Å². The highest BCUT2D eigenvalue weighted by atomic mass is 32.1. The monoisotopic (exact) mass is 342 g/mol. The summed E-state index contributed by atoms with van der Waals surface area (Å²) in [5.74, 6) is -0.0772. The highest BCUT2D eigenvalue weighted by Crippen LogP contribution is 2.24. The van der Waals surface area contributed by atoms with E-state index in [0.29, 0.717) is 11.4 Å². The number of thiazole rings is 1. The lowest BCUT2D eigenvalue weighted by atomic mass is 10.1. The summed E-state index contributed by atoms with van der Waals surface area (Å²) in [4.78, 5) is 20.8. The van der Waals surface area contributed by atoms with Gasteiger partial charge in [-0.25, -0.2) is 4.98 Å². The van der Waals surface area contributed by atoms with Crippen LogP contribution in [0.15, 0.2) is 18.2 Å². The lowest BCUT2D eigenvalue weighted by Gasteiger charge is -2.05. The number of hydrogen-bond acceptors (Lipinski definition) is 4. The number of amides is 1. The molecule has 3 aromatic rings. The second kappa shape index (κ2) is 6.65. The number of rotatable bonds is 5. The Kier molecular flexibility index (Phi) is 4.57. The van der Waals surface area contributed by atoms with Crippen LogP contribution in [0.1, 0.15) is 39.1 Å². The van der Waals surface area contributed by atoms with Crippen LogP contribution in [-0.4, -0.2) is 22.9 Å². The summed E-state index contributed by atoms with van der Waals surface area (Å²) in [6.45, 7) is 6.65. The molecule has 24 heavy (non-hydrogen) atoms. The number of aryl methyl sites for hydroxylation is 3. The fraction of sp³-hybridized carbons (Fsp3) is 0.333. The number of anilines is 1. The summed E-state index contributed by atoms with van der Waals surface area (Å²) in [7, 11) is 1.80. The van der Waals surface area contributed by atoms with Gasteiger partial charge in [0.1, 0.15) is 4.88 Å². The zero-order valence-corrected chi connectivity index (χ0v) is 15.2. The Balaban J connectivity index is 1.76. The number of aromatic amines is 1. The van der Waals surface area contributed by atoms with Crippen molar-refractivity contribution in [2.24, 2.45) is 0 Å². The molecule has 1 aromatic carbocycles. The van der Waals surface area contributed by atoms with Crippen LogP contribution in [0.25, 0.3) is 10.9 Å². The number of fused-ring (bicyclic) bond motifs is 1. The SMILES string of the molecule is CCc1[nH]c2ccc(CNC(=O)c3sc(NC)nc3C)cc2c1C. The van der Waals surface area contributed by atoms with Crippen LogP contribution >= 0.6 is 11.3 Å². The zero-order chi connectivity index (χ0) is 17.3. The molecule has 2 heterocycles. The predicted octanol–water partition coefficient (Wildman–Crippen LogP) is 3.78. The standard InChI is InChI=1S/C18H22N4OS/c1-5-14-10(2)13-8-12(6-7-15(13)22-14)9-20-17(23)16-11(3)21-18(19-4)24-16/h6-8,22H,5,9H2,1-4H3,(H,19,21)(H,20,23). The Morgan fingerprint density at radius 3 is 2.79 bits per heavy atom. The number of carbonyl (C=O) groups excluding carboxylic acids is 1. The van der Waals surface area contributed by atoms with Gasteiger partial charge >= 0.3 is 0 Å². The van der Waals surface area contributed by atoms with Crippen molar-refractivity contribution in [2.75, 3.05) is 12.4 Å². The van der Waals surface area contributed by atoms with E-state index >= 15 is 0 Å². The molecular formula is C18H22N4OS. The average Bonchev–Trinajstić information content (AvgIpc) is 3.12. The predicted molar refractivity (Wildman–Crippen MR) is 100.0 cm³/mol. The molecule has 0 aliphatic rings. The molecular weight excluding hydrogens is 320 g/mol. The van der Waals surface area contributed by atoms with Gasteiger partial charge in [0.2, 0.25) is 0 Å². The number of carbonyl (C=O) groups is 1. The molecule has 0 unspecified atom stereocenters. The molecule has 0 aliphatic carbocycles. The first kappa shape index (κ1) is 16.5. The fourth-order valence-electron chi connectivity index (χ4n) is 2.87. The van der Waals surface area contributed by atoms with Gasteiger partial charge < -0.3 is 15.6 Å². The van der Waals surface area contributed by atoms with Gasteiger partial charge in [-0.15, -0.1) is 0 Å². The summed E-state index contributed by atoms with van der Waals surface area (Å²) < 4.78 is 0. The summed E-state index contributed by atoms with van der Waals surface area (Å²) >= 11 is 1.37. The highest BCUT2D eigenvalue weighted by Gasteiger charge is 2.14. The van der Waals surface area contributed by atoms with Gasteiger partial charge in [0.15, 0.2) is 5.13 Å². The van der Waals surface area contributed by atoms with Crippen molar-refractivity contribution in [3.05, 3.63) is 45.6 Å². The smallest absolute Gasteiger partial charge is 0.263 e. The maximum absolute atomic E-state index is 12.4. The quantitative estimate of drug-likeness (QED) is 0.661. The second-order valence-electron chi connectivity index (χ2n) is 5.83. The average molecular weight is 342 g/mol. The Labute approximate surface area is 145 Å². The molecule has 0 saturated carbocycles. The minimum absolute atomic E-state index is 0.0772. The van der Waals surface area contributed by atoms with Crippen LogP contribution in [0.3, 0.4) is 0 Å². The molecule has 0 bridgehead atoms. The summed E-state index contributed by atoms with van der Waals surface area (Å²) in [6, 6.07) is 6.29. The van der Waals surface area contributed by atoms with Crippen molar-refractivity contribution in [3.63, 3.8) is 0 Å². The number of hydrogen-bond donors (Lipinski definition) is 3. The van der Waals surface area contributed by atoms with Gasteiger partial charge in [-0.1, -0.05) is 24.3 Å². The van der Waals surface area contributed by atoms with E-state index in [4.69, 9.17) is 0 Å². The van der Waals surface area contributed by atoms with Gasteiger partial charge in [0, 0.05) is 30.2 Å². The van der Waals surface area contributed by atoms with Crippen LogP contribution in [-0.2, 0) is 13.0 Å². The molecule has 5 nitrogen and oxygen atoms in total. The largest absolute Gasteiger partial charge is 0.365 e. The normalized spacial score (nSPS) is 11.0. The summed E-state index contributed by atoms with van der Waals surface area (Å²) in [5.41, 5.74) is 5.56. The molecule has 0 aliphatic heterocycles. The number of benzene rings is 1. The van der Waals surface area contributed by atoms with E-state index in [0.717, 1.165) is 28.3 Å². The van der Waals surface area contributed by atoms with Gasteiger partial charge in [-0.3, -0.25) is 4.79 Å². The van der Waals surface area contributed by atoms with E-state index in [9.17, 15) is 4.79 Å². The van der Waals surface area contributed by atoms with Crippen molar-refractivity contribution in [3.8, 4) is 0 Å². The Morgan fingerprint density at radius 2 is 2.12 bits per heavy atom. The van der Waals surface area contributed by atoms with E-state index in [2.05, 4.69) is 52.6 Å². The van der Waals surface area contributed by atoms with E-state index in [1.807, 2.05) is 6.92 Å². The third-order valence-corrected chi connectivity index (χ3v) is 5.42. The van der Waals surface area contributed by atoms with Crippen molar-refractivity contribution in [2.45, 2.75) is 33.7 Å². The summed E-state index contributed by atoms with van der Waals surface area (Å²) in [5, 5.41) is 7.95. The lowest BCUT2D eigenvalue weighted by molar-refractivity contribution is 0.0954. The van der Waals surface area contributed by atoms with Gasteiger partial charge in [0.25, 0.3) is 5.91 Å². The van der Waals surface area contributed by atoms with Crippen LogP contribution in [0.2, 0.25) is 0 Å². The maximum Gasteiger partial charge on any atom is 0.263 e. The lowest BCUT2D eigenvalue weighted by Crippen LogP contribution is -2.22. The van der Waals surface area contributed by atoms with Crippen LogP contribution in [0.4, 0.5) is 5.13 Å². The van der Waals surface area contributed by atoms with Crippen LogP contribution in [0.5, 0.6) is 0 Å². The second-order valence-corrected chi connectivity index (χ2v) is 6.83. The zero-order valence-electron chi connectivity index (χ0n) is 14.4. The van der Waals surface area contributed by atoms with E-state index in [1.165, 1.54) is 28.0 Å². The molecule has 1 amide bonds. The molecule has 0 fully saturated rings. The third-order valence-electron chi connectivity index (χ3n) is 4.25. The van der Waals surface area contributed by atoms with Gasteiger partial charge in [0.05, 0.1) is 5.69 Å². The van der Waals surface area contributed by atoms with Crippen molar-refractivity contribution >= 4 is 33.3 Å². The van der Waals surface area contributed by atoms with E-state index in [-0.39, 0.29) is 5.91 Å². The minimum Gasteiger partial charge on any atom is -0.365 e. The molecule has 0 saturated heterocycles. The molecule has 2 aromatic heterocycles. The minimum atomic E-state index is -0.0772. The third kappa shape index (κ3) is 3.01.